The molecule has 3 rings (SSSR count). The lowest BCUT2D eigenvalue weighted by Crippen LogP contribution is -2.36. The SMILES string of the molecule is Cc1ccccc1-n1nnnc1SCC(=O)OC1CC(C)CCC1C(C)C. The number of hydrogen-bond acceptors (Lipinski definition) is 6. The molecule has 1 aromatic carbocycles. The van der Waals surface area contributed by atoms with Crippen LogP contribution in [0.4, 0.5) is 0 Å². The van der Waals surface area contributed by atoms with Gasteiger partial charge in [0.2, 0.25) is 5.16 Å². The van der Waals surface area contributed by atoms with Crippen LogP contribution in [0, 0.1) is 24.7 Å². The van der Waals surface area contributed by atoms with Gasteiger partial charge in [-0.2, -0.15) is 4.68 Å². The average Bonchev–Trinajstić information content (AvgIpc) is 3.08. The molecular formula is C20H28N4O2S. The van der Waals surface area contributed by atoms with Gasteiger partial charge >= 0.3 is 5.97 Å². The molecule has 0 radical (unpaired) electrons. The molecule has 1 heterocycles. The topological polar surface area (TPSA) is 69.9 Å². The van der Waals surface area contributed by atoms with Gasteiger partial charge in [-0.1, -0.05) is 57.2 Å². The van der Waals surface area contributed by atoms with Crippen molar-refractivity contribution in [3.05, 3.63) is 29.8 Å². The zero-order valence-electron chi connectivity index (χ0n) is 16.5. The molecule has 3 unspecified atom stereocenters. The summed E-state index contributed by atoms with van der Waals surface area (Å²) in [5.41, 5.74) is 1.99. The number of aryl methyl sites for hydroxylation is 1. The van der Waals surface area contributed by atoms with Crippen LogP contribution in [0.5, 0.6) is 0 Å². The van der Waals surface area contributed by atoms with Crippen molar-refractivity contribution < 1.29 is 9.53 Å². The van der Waals surface area contributed by atoms with E-state index in [9.17, 15) is 4.79 Å². The largest absolute Gasteiger partial charge is 0.461 e. The van der Waals surface area contributed by atoms with E-state index in [2.05, 4.69) is 36.3 Å². The molecular weight excluding hydrogens is 360 g/mol. The van der Waals surface area contributed by atoms with Crippen LogP contribution in [-0.4, -0.2) is 38.0 Å². The second-order valence-electron chi connectivity index (χ2n) is 7.80. The summed E-state index contributed by atoms with van der Waals surface area (Å²) >= 11 is 1.32. The quantitative estimate of drug-likeness (QED) is 0.549. The number of esters is 1. The number of carbonyl (C=O) groups is 1. The lowest BCUT2D eigenvalue weighted by molar-refractivity contribution is -0.152. The Balaban J connectivity index is 1.62. The zero-order valence-corrected chi connectivity index (χ0v) is 17.3. The van der Waals surface area contributed by atoms with Crippen LogP contribution in [0.25, 0.3) is 5.69 Å². The van der Waals surface area contributed by atoms with Crippen LogP contribution < -0.4 is 0 Å². The summed E-state index contributed by atoms with van der Waals surface area (Å²) in [6, 6.07) is 7.90. The highest BCUT2D eigenvalue weighted by Gasteiger charge is 2.33. The van der Waals surface area contributed by atoms with Crippen LogP contribution in [0.2, 0.25) is 0 Å². The van der Waals surface area contributed by atoms with Crippen molar-refractivity contribution in [3.8, 4) is 5.69 Å². The number of nitrogens with zero attached hydrogens (tertiary/aromatic N) is 4. The highest BCUT2D eigenvalue weighted by atomic mass is 32.2. The average molecular weight is 389 g/mol. The van der Waals surface area contributed by atoms with Crippen molar-refractivity contribution in [1.82, 2.24) is 20.2 Å². The van der Waals surface area contributed by atoms with Crippen LogP contribution in [0.15, 0.2) is 29.4 Å². The molecule has 0 N–H and O–H groups in total. The maximum Gasteiger partial charge on any atom is 0.316 e. The first-order valence-electron chi connectivity index (χ1n) is 9.62. The monoisotopic (exact) mass is 388 g/mol. The summed E-state index contributed by atoms with van der Waals surface area (Å²) < 4.78 is 7.54. The summed E-state index contributed by atoms with van der Waals surface area (Å²) in [5, 5.41) is 12.5. The molecule has 0 saturated heterocycles. The third-order valence-corrected chi connectivity index (χ3v) is 6.24. The molecule has 7 heteroatoms. The fourth-order valence-electron chi connectivity index (χ4n) is 3.80. The minimum absolute atomic E-state index is 0.0224. The smallest absolute Gasteiger partial charge is 0.316 e. The van der Waals surface area contributed by atoms with Crippen LogP contribution >= 0.6 is 11.8 Å². The molecule has 1 aliphatic rings. The number of rotatable bonds is 6. The predicted molar refractivity (Wildman–Crippen MR) is 106 cm³/mol. The Morgan fingerprint density at radius 2 is 2.11 bits per heavy atom. The van der Waals surface area contributed by atoms with Gasteiger partial charge in [-0.15, -0.1) is 5.10 Å². The molecule has 0 bridgehead atoms. The Kier molecular flexibility index (Phi) is 6.52. The minimum Gasteiger partial charge on any atom is -0.461 e. The van der Waals surface area contributed by atoms with E-state index in [-0.39, 0.29) is 17.8 Å². The van der Waals surface area contributed by atoms with E-state index in [1.807, 2.05) is 31.2 Å². The first-order valence-corrected chi connectivity index (χ1v) is 10.6. The molecule has 0 amide bonds. The maximum atomic E-state index is 12.5. The van der Waals surface area contributed by atoms with E-state index < -0.39 is 0 Å². The first-order chi connectivity index (χ1) is 13.0. The predicted octanol–water partition coefficient (Wildman–Crippen LogP) is 4.07. The lowest BCUT2D eigenvalue weighted by Gasteiger charge is -2.36. The lowest BCUT2D eigenvalue weighted by atomic mass is 9.75. The third-order valence-electron chi connectivity index (χ3n) is 5.35. The van der Waals surface area contributed by atoms with Gasteiger partial charge in [-0.3, -0.25) is 4.79 Å². The molecule has 146 valence electrons. The van der Waals surface area contributed by atoms with Crippen molar-refractivity contribution in [2.24, 2.45) is 17.8 Å². The molecule has 1 fully saturated rings. The molecule has 0 aliphatic heterocycles. The van der Waals surface area contributed by atoms with E-state index in [1.165, 1.54) is 18.2 Å². The first kappa shape index (κ1) is 19.9. The molecule has 6 nitrogen and oxygen atoms in total. The van der Waals surface area contributed by atoms with Crippen molar-refractivity contribution >= 4 is 17.7 Å². The zero-order chi connectivity index (χ0) is 19.4. The van der Waals surface area contributed by atoms with Gasteiger partial charge in [-0.25, -0.2) is 0 Å². The second kappa shape index (κ2) is 8.87. The molecule has 0 spiro atoms. The number of tetrazole rings is 1. The Labute approximate surface area is 165 Å². The van der Waals surface area contributed by atoms with Gasteiger partial charge in [0.05, 0.1) is 11.4 Å². The van der Waals surface area contributed by atoms with Gasteiger partial charge in [0.25, 0.3) is 0 Å². The van der Waals surface area contributed by atoms with Crippen LogP contribution in [-0.2, 0) is 9.53 Å². The molecule has 2 aromatic rings. The number of hydrogen-bond donors (Lipinski definition) is 0. The Hall–Kier alpha value is -1.89. The summed E-state index contributed by atoms with van der Waals surface area (Å²) in [6.45, 7) is 8.68. The molecule has 3 atom stereocenters. The van der Waals surface area contributed by atoms with Gasteiger partial charge < -0.3 is 4.74 Å². The minimum atomic E-state index is -0.191. The van der Waals surface area contributed by atoms with E-state index in [1.54, 1.807) is 4.68 Å². The van der Waals surface area contributed by atoms with Gasteiger partial charge in [-0.05, 0) is 59.6 Å². The van der Waals surface area contributed by atoms with Crippen LogP contribution in [0.3, 0.4) is 0 Å². The van der Waals surface area contributed by atoms with E-state index >= 15 is 0 Å². The van der Waals surface area contributed by atoms with Crippen LogP contribution in [0.1, 0.15) is 45.6 Å². The number of benzene rings is 1. The Morgan fingerprint density at radius 1 is 1.33 bits per heavy atom. The van der Waals surface area contributed by atoms with E-state index in [0.717, 1.165) is 24.1 Å². The number of thioether (sulfide) groups is 1. The Morgan fingerprint density at radius 3 is 2.85 bits per heavy atom. The van der Waals surface area contributed by atoms with Gasteiger partial charge in [0.15, 0.2) is 0 Å². The van der Waals surface area contributed by atoms with Gasteiger partial charge in [0.1, 0.15) is 6.10 Å². The fraction of sp³-hybridized carbons (Fsp3) is 0.600. The van der Waals surface area contributed by atoms with Gasteiger partial charge in [0, 0.05) is 0 Å². The highest BCUT2D eigenvalue weighted by molar-refractivity contribution is 7.99. The summed E-state index contributed by atoms with van der Waals surface area (Å²) in [7, 11) is 0. The fourth-order valence-corrected chi connectivity index (χ4v) is 4.46. The number of aromatic nitrogens is 4. The molecule has 1 saturated carbocycles. The number of ether oxygens (including phenoxy) is 1. The van der Waals surface area contributed by atoms with E-state index in [0.29, 0.717) is 22.9 Å². The number of para-hydroxylation sites is 1. The van der Waals surface area contributed by atoms with Crippen molar-refractivity contribution in [2.45, 2.75) is 58.2 Å². The summed E-state index contributed by atoms with van der Waals surface area (Å²) in [5.74, 6) is 1.61. The molecule has 27 heavy (non-hydrogen) atoms. The summed E-state index contributed by atoms with van der Waals surface area (Å²) in [6.07, 6.45) is 3.33. The number of carbonyl (C=O) groups excluding carboxylic acids is 1. The third kappa shape index (κ3) is 4.89. The molecule has 1 aromatic heterocycles. The Bertz CT molecular complexity index is 777. The summed E-state index contributed by atoms with van der Waals surface area (Å²) in [4.78, 5) is 12.5. The second-order valence-corrected chi connectivity index (χ2v) is 8.75. The van der Waals surface area contributed by atoms with Crippen molar-refractivity contribution in [1.29, 1.82) is 0 Å². The highest BCUT2D eigenvalue weighted by Crippen LogP contribution is 2.35. The van der Waals surface area contributed by atoms with E-state index in [4.69, 9.17) is 4.74 Å². The molecule has 1 aliphatic carbocycles. The standard InChI is InChI=1S/C20H28N4O2S/c1-13(2)16-10-9-14(3)11-18(16)26-19(25)12-27-20-21-22-23-24(20)17-8-6-5-7-15(17)4/h5-8,13-14,16,18H,9-12H2,1-4H3. The maximum absolute atomic E-state index is 12.5. The van der Waals surface area contributed by atoms with Crippen molar-refractivity contribution in [3.63, 3.8) is 0 Å². The van der Waals surface area contributed by atoms with Crippen molar-refractivity contribution in [2.75, 3.05) is 5.75 Å². The normalized spacial score (nSPS) is 22.8.